The molecule has 6 heteroatoms. The van der Waals surface area contributed by atoms with Gasteiger partial charge in [0.05, 0.1) is 5.69 Å². The second-order valence-corrected chi connectivity index (χ2v) is 4.41. The van der Waals surface area contributed by atoms with Gasteiger partial charge in [0.15, 0.2) is 0 Å². The molecule has 3 rings (SSSR count). The molecule has 1 amide bonds. The van der Waals surface area contributed by atoms with Crippen molar-refractivity contribution in [3.63, 3.8) is 0 Å². The number of nitrogens with one attached hydrogen (secondary N) is 2. The summed E-state index contributed by atoms with van der Waals surface area (Å²) in [5.41, 5.74) is 1.00. The molecule has 2 atom stereocenters. The van der Waals surface area contributed by atoms with Gasteiger partial charge in [0.25, 0.3) is 0 Å². The van der Waals surface area contributed by atoms with Gasteiger partial charge >= 0.3 is 0 Å². The van der Waals surface area contributed by atoms with Crippen LogP contribution in [0.15, 0.2) is 6.20 Å². The summed E-state index contributed by atoms with van der Waals surface area (Å²) in [7, 11) is 0. The topological polar surface area (TPSA) is 71.8 Å². The normalized spacial score (nSPS) is 29.6. The number of carbonyl (C=O) groups is 1. The minimum atomic E-state index is -0.157. The van der Waals surface area contributed by atoms with Gasteiger partial charge in [0.2, 0.25) is 5.91 Å². The van der Waals surface area contributed by atoms with E-state index in [1.165, 1.54) is 0 Å². The van der Waals surface area contributed by atoms with Crippen LogP contribution in [0.1, 0.15) is 30.5 Å². The highest BCUT2D eigenvalue weighted by atomic mass is 16.2. The molecule has 2 aliphatic heterocycles. The minimum absolute atomic E-state index is 0.0565. The van der Waals surface area contributed by atoms with Crippen LogP contribution >= 0.6 is 0 Å². The highest BCUT2D eigenvalue weighted by molar-refractivity contribution is 5.82. The van der Waals surface area contributed by atoms with Gasteiger partial charge in [0, 0.05) is 25.2 Å². The van der Waals surface area contributed by atoms with E-state index in [0.29, 0.717) is 5.92 Å². The number of hydrogen-bond acceptors (Lipinski definition) is 4. The number of aromatic nitrogens is 3. The molecule has 2 saturated heterocycles. The first-order chi connectivity index (χ1) is 7.84. The average molecular weight is 221 g/mol. The molecule has 1 aromatic heterocycles. The Labute approximate surface area is 93.4 Å². The third-order valence-electron chi connectivity index (χ3n) is 3.35. The van der Waals surface area contributed by atoms with E-state index in [2.05, 4.69) is 20.9 Å². The van der Waals surface area contributed by atoms with Crippen molar-refractivity contribution in [1.29, 1.82) is 0 Å². The number of amides is 1. The van der Waals surface area contributed by atoms with Gasteiger partial charge in [-0.2, -0.15) is 0 Å². The summed E-state index contributed by atoms with van der Waals surface area (Å²) in [6.07, 6.45) is 3.84. The molecule has 1 aromatic rings. The largest absolute Gasteiger partial charge is 0.354 e. The fourth-order valence-corrected chi connectivity index (χ4v) is 2.37. The predicted molar refractivity (Wildman–Crippen MR) is 56.9 cm³/mol. The predicted octanol–water partition coefficient (Wildman–Crippen LogP) is -0.584. The molecule has 0 aliphatic carbocycles. The highest BCUT2D eigenvalue weighted by Gasteiger charge is 2.28. The van der Waals surface area contributed by atoms with Crippen LogP contribution in [0.4, 0.5) is 0 Å². The molecule has 2 aliphatic rings. The maximum Gasteiger partial charge on any atom is 0.245 e. The van der Waals surface area contributed by atoms with Crippen molar-refractivity contribution in [3.05, 3.63) is 11.9 Å². The van der Waals surface area contributed by atoms with Crippen LogP contribution in [0.3, 0.4) is 0 Å². The van der Waals surface area contributed by atoms with Crippen LogP contribution in [-0.4, -0.2) is 40.5 Å². The molecule has 2 N–H and O–H groups in total. The third kappa shape index (κ3) is 1.59. The van der Waals surface area contributed by atoms with Crippen molar-refractivity contribution < 1.29 is 4.79 Å². The lowest BCUT2D eigenvalue weighted by Crippen LogP contribution is -2.22. The number of hydrogen-bond donors (Lipinski definition) is 2. The Bertz CT molecular complexity index is 396. The van der Waals surface area contributed by atoms with Gasteiger partial charge in [-0.3, -0.25) is 4.79 Å². The Hall–Kier alpha value is -1.43. The minimum Gasteiger partial charge on any atom is -0.354 e. The summed E-state index contributed by atoms with van der Waals surface area (Å²) in [6.45, 7) is 2.75. The fraction of sp³-hybridized carbons (Fsp3) is 0.700. The Balaban J connectivity index is 1.79. The van der Waals surface area contributed by atoms with Crippen molar-refractivity contribution >= 4 is 5.91 Å². The second-order valence-electron chi connectivity index (χ2n) is 4.41. The van der Waals surface area contributed by atoms with Crippen molar-refractivity contribution in [2.24, 2.45) is 0 Å². The lowest BCUT2D eigenvalue weighted by molar-refractivity contribution is -0.122. The highest BCUT2D eigenvalue weighted by Crippen LogP contribution is 2.22. The molecule has 2 unspecified atom stereocenters. The first-order valence-electron chi connectivity index (χ1n) is 5.75. The molecule has 0 bridgehead atoms. The fourth-order valence-electron chi connectivity index (χ4n) is 2.37. The van der Waals surface area contributed by atoms with Crippen molar-refractivity contribution in [2.75, 3.05) is 19.6 Å². The van der Waals surface area contributed by atoms with E-state index in [-0.39, 0.29) is 11.9 Å². The molecule has 0 radical (unpaired) electrons. The van der Waals surface area contributed by atoms with Crippen LogP contribution < -0.4 is 10.6 Å². The van der Waals surface area contributed by atoms with Gasteiger partial charge in [-0.25, -0.2) is 4.68 Å². The van der Waals surface area contributed by atoms with E-state index >= 15 is 0 Å². The van der Waals surface area contributed by atoms with E-state index in [1.807, 2.05) is 6.20 Å². The summed E-state index contributed by atoms with van der Waals surface area (Å²) in [5.74, 6) is 0.513. The average Bonchev–Trinajstić information content (AvgIpc) is 2.96. The standard InChI is InChI=1S/C10H15N5O/c16-10-9(2-4-12-10)15-6-8(13-14-15)7-1-3-11-5-7/h6-7,9,11H,1-5H2,(H,12,16). The van der Waals surface area contributed by atoms with Crippen LogP contribution in [0.25, 0.3) is 0 Å². The molecule has 2 fully saturated rings. The molecule has 0 aromatic carbocycles. The quantitative estimate of drug-likeness (QED) is 0.700. The smallest absolute Gasteiger partial charge is 0.245 e. The molecule has 16 heavy (non-hydrogen) atoms. The first kappa shape index (κ1) is 9.77. The zero-order valence-electron chi connectivity index (χ0n) is 9.02. The van der Waals surface area contributed by atoms with Gasteiger partial charge in [-0.05, 0) is 19.4 Å². The van der Waals surface area contributed by atoms with Crippen LogP contribution in [0.5, 0.6) is 0 Å². The van der Waals surface area contributed by atoms with E-state index in [0.717, 1.165) is 38.2 Å². The number of rotatable bonds is 2. The number of nitrogens with zero attached hydrogens (tertiary/aromatic N) is 3. The molecule has 0 saturated carbocycles. The molecule has 3 heterocycles. The van der Waals surface area contributed by atoms with Gasteiger partial charge in [-0.1, -0.05) is 5.21 Å². The molecule has 6 nitrogen and oxygen atoms in total. The van der Waals surface area contributed by atoms with Gasteiger partial charge in [0.1, 0.15) is 6.04 Å². The summed E-state index contributed by atoms with van der Waals surface area (Å²) in [5, 5.41) is 14.4. The zero-order chi connectivity index (χ0) is 11.0. The third-order valence-corrected chi connectivity index (χ3v) is 3.35. The lowest BCUT2D eigenvalue weighted by Gasteiger charge is -2.05. The Morgan fingerprint density at radius 2 is 2.31 bits per heavy atom. The summed E-state index contributed by atoms with van der Waals surface area (Å²) >= 11 is 0. The van der Waals surface area contributed by atoms with Crippen molar-refractivity contribution in [2.45, 2.75) is 24.8 Å². The maximum absolute atomic E-state index is 11.5. The second kappa shape index (κ2) is 3.86. The maximum atomic E-state index is 11.5. The van der Waals surface area contributed by atoms with E-state index in [1.54, 1.807) is 4.68 Å². The zero-order valence-corrected chi connectivity index (χ0v) is 9.02. The SMILES string of the molecule is O=C1NCCC1n1cc(C2CCNC2)nn1. The van der Waals surface area contributed by atoms with Crippen molar-refractivity contribution in [3.8, 4) is 0 Å². The van der Waals surface area contributed by atoms with Gasteiger partial charge in [-0.15, -0.1) is 5.10 Å². The summed E-state index contributed by atoms with van der Waals surface area (Å²) in [4.78, 5) is 11.5. The Morgan fingerprint density at radius 3 is 3.00 bits per heavy atom. The molecule has 0 spiro atoms. The Morgan fingerprint density at radius 1 is 1.38 bits per heavy atom. The Kier molecular flexibility index (Phi) is 2.36. The lowest BCUT2D eigenvalue weighted by atomic mass is 10.1. The van der Waals surface area contributed by atoms with E-state index in [4.69, 9.17) is 0 Å². The van der Waals surface area contributed by atoms with Crippen molar-refractivity contribution in [1.82, 2.24) is 25.6 Å². The van der Waals surface area contributed by atoms with Crippen LogP contribution in [-0.2, 0) is 4.79 Å². The monoisotopic (exact) mass is 221 g/mol. The summed E-state index contributed by atoms with van der Waals surface area (Å²) < 4.78 is 1.70. The van der Waals surface area contributed by atoms with E-state index in [9.17, 15) is 4.79 Å². The number of carbonyl (C=O) groups excluding carboxylic acids is 1. The van der Waals surface area contributed by atoms with Crippen LogP contribution in [0, 0.1) is 0 Å². The first-order valence-corrected chi connectivity index (χ1v) is 5.75. The van der Waals surface area contributed by atoms with Crippen LogP contribution in [0.2, 0.25) is 0 Å². The summed E-state index contributed by atoms with van der Waals surface area (Å²) in [6, 6.07) is -0.157. The van der Waals surface area contributed by atoms with E-state index < -0.39 is 0 Å². The molecular formula is C10H15N5O. The van der Waals surface area contributed by atoms with Gasteiger partial charge < -0.3 is 10.6 Å². The molecule has 86 valence electrons. The molecular weight excluding hydrogens is 206 g/mol.